The van der Waals surface area contributed by atoms with Gasteiger partial charge in [0.25, 0.3) is 0 Å². The van der Waals surface area contributed by atoms with Gasteiger partial charge in [0.2, 0.25) is 0 Å². The van der Waals surface area contributed by atoms with E-state index in [1.54, 1.807) is 0 Å². The molecule has 0 heterocycles. The largest absolute Gasteiger partial charge is 0.313 e. The van der Waals surface area contributed by atoms with Crippen molar-refractivity contribution >= 4 is 0 Å². The van der Waals surface area contributed by atoms with E-state index in [4.69, 9.17) is 0 Å². The van der Waals surface area contributed by atoms with E-state index in [-0.39, 0.29) is 5.54 Å². The summed E-state index contributed by atoms with van der Waals surface area (Å²) in [6.45, 7) is 13.3. The molecule has 0 aromatic carbocycles. The number of hydrogen-bond acceptors (Lipinski definition) is 2. The summed E-state index contributed by atoms with van der Waals surface area (Å²) in [6.07, 6.45) is 3.94. The van der Waals surface area contributed by atoms with Crippen LogP contribution in [0.3, 0.4) is 0 Å². The lowest BCUT2D eigenvalue weighted by Crippen LogP contribution is -2.44. The van der Waals surface area contributed by atoms with E-state index in [1.165, 1.54) is 19.3 Å². The highest BCUT2D eigenvalue weighted by Gasteiger charge is 2.10. The van der Waals surface area contributed by atoms with Gasteiger partial charge in [-0.2, -0.15) is 0 Å². The first-order chi connectivity index (χ1) is 6.45. The molecule has 0 aliphatic carbocycles. The molecule has 1 unspecified atom stereocenters. The molecule has 0 aliphatic rings. The second-order valence-electron chi connectivity index (χ2n) is 5.19. The fourth-order valence-electron chi connectivity index (χ4n) is 1.25. The summed E-state index contributed by atoms with van der Waals surface area (Å²) >= 11 is 0. The summed E-state index contributed by atoms with van der Waals surface area (Å²) in [5, 5.41) is 7.03. The van der Waals surface area contributed by atoms with Crippen molar-refractivity contribution in [3.05, 3.63) is 0 Å². The standard InChI is InChI=1S/C12H28N2/c1-6-7-8-9-13-11(2)10-14-12(3,4)5/h11,13-14H,6-10H2,1-5H3. The highest BCUT2D eigenvalue weighted by Crippen LogP contribution is 1.98. The van der Waals surface area contributed by atoms with Crippen molar-refractivity contribution in [3.8, 4) is 0 Å². The zero-order valence-electron chi connectivity index (χ0n) is 10.6. The Labute approximate surface area is 89.9 Å². The molecule has 2 heteroatoms. The van der Waals surface area contributed by atoms with Gasteiger partial charge in [-0.05, 0) is 40.7 Å². The molecule has 2 N–H and O–H groups in total. The Balaban J connectivity index is 3.32. The van der Waals surface area contributed by atoms with Gasteiger partial charge >= 0.3 is 0 Å². The van der Waals surface area contributed by atoms with E-state index in [2.05, 4.69) is 45.3 Å². The van der Waals surface area contributed by atoms with Gasteiger partial charge in [-0.1, -0.05) is 19.8 Å². The summed E-state index contributed by atoms with van der Waals surface area (Å²) in [6, 6.07) is 0.575. The van der Waals surface area contributed by atoms with Gasteiger partial charge in [-0.3, -0.25) is 0 Å². The van der Waals surface area contributed by atoms with Crippen molar-refractivity contribution < 1.29 is 0 Å². The topological polar surface area (TPSA) is 24.1 Å². The van der Waals surface area contributed by atoms with E-state index in [0.29, 0.717) is 6.04 Å². The molecule has 0 amide bonds. The van der Waals surface area contributed by atoms with E-state index < -0.39 is 0 Å². The maximum absolute atomic E-state index is 3.53. The van der Waals surface area contributed by atoms with Crippen molar-refractivity contribution in [2.24, 2.45) is 0 Å². The summed E-state index contributed by atoms with van der Waals surface area (Å²) in [5.41, 5.74) is 0.235. The van der Waals surface area contributed by atoms with Crippen LogP contribution in [0.15, 0.2) is 0 Å². The van der Waals surface area contributed by atoms with Crippen molar-refractivity contribution in [3.63, 3.8) is 0 Å². The van der Waals surface area contributed by atoms with Crippen molar-refractivity contribution in [1.82, 2.24) is 10.6 Å². The number of rotatable bonds is 7. The molecular formula is C12H28N2. The molecule has 14 heavy (non-hydrogen) atoms. The smallest absolute Gasteiger partial charge is 0.0164 e. The van der Waals surface area contributed by atoms with Gasteiger partial charge in [0, 0.05) is 18.1 Å². The summed E-state index contributed by atoms with van der Waals surface area (Å²) in [5.74, 6) is 0. The van der Waals surface area contributed by atoms with Crippen LogP contribution >= 0.6 is 0 Å². The van der Waals surface area contributed by atoms with E-state index in [0.717, 1.165) is 13.1 Å². The zero-order chi connectivity index (χ0) is 11.0. The monoisotopic (exact) mass is 200 g/mol. The van der Waals surface area contributed by atoms with Crippen LogP contribution in [0.25, 0.3) is 0 Å². The van der Waals surface area contributed by atoms with Gasteiger partial charge in [0.05, 0.1) is 0 Å². The molecule has 2 nitrogen and oxygen atoms in total. The first-order valence-corrected chi connectivity index (χ1v) is 5.94. The molecule has 0 saturated carbocycles. The number of hydrogen-bond donors (Lipinski definition) is 2. The molecule has 0 saturated heterocycles. The number of nitrogens with one attached hydrogen (secondary N) is 2. The summed E-state index contributed by atoms with van der Waals surface area (Å²) in [4.78, 5) is 0. The minimum atomic E-state index is 0.235. The van der Waals surface area contributed by atoms with E-state index in [9.17, 15) is 0 Å². The molecule has 0 fully saturated rings. The van der Waals surface area contributed by atoms with Crippen LogP contribution in [0.4, 0.5) is 0 Å². The fraction of sp³-hybridized carbons (Fsp3) is 1.00. The third-order valence-electron chi connectivity index (χ3n) is 2.21. The summed E-state index contributed by atoms with van der Waals surface area (Å²) < 4.78 is 0. The summed E-state index contributed by atoms with van der Waals surface area (Å²) in [7, 11) is 0. The van der Waals surface area contributed by atoms with Gasteiger partial charge in [0.1, 0.15) is 0 Å². The molecule has 0 radical (unpaired) electrons. The minimum absolute atomic E-state index is 0.235. The lowest BCUT2D eigenvalue weighted by molar-refractivity contribution is 0.386. The van der Waals surface area contributed by atoms with Gasteiger partial charge in [0.15, 0.2) is 0 Å². The average molecular weight is 200 g/mol. The Morgan fingerprint density at radius 3 is 2.29 bits per heavy atom. The molecule has 0 spiro atoms. The Hall–Kier alpha value is -0.0800. The van der Waals surface area contributed by atoms with Crippen molar-refractivity contribution in [2.75, 3.05) is 13.1 Å². The number of unbranched alkanes of at least 4 members (excludes halogenated alkanes) is 2. The lowest BCUT2D eigenvalue weighted by atomic mass is 10.1. The predicted molar refractivity (Wildman–Crippen MR) is 64.7 cm³/mol. The molecule has 0 bridgehead atoms. The molecule has 0 rings (SSSR count). The van der Waals surface area contributed by atoms with E-state index in [1.807, 2.05) is 0 Å². The second kappa shape index (κ2) is 7.24. The van der Waals surface area contributed by atoms with Crippen LogP contribution in [0.1, 0.15) is 53.9 Å². The maximum Gasteiger partial charge on any atom is 0.0164 e. The lowest BCUT2D eigenvalue weighted by Gasteiger charge is -2.24. The molecule has 1 atom stereocenters. The van der Waals surface area contributed by atoms with Gasteiger partial charge < -0.3 is 10.6 Å². The zero-order valence-corrected chi connectivity index (χ0v) is 10.6. The van der Waals surface area contributed by atoms with Crippen molar-refractivity contribution in [2.45, 2.75) is 65.5 Å². The van der Waals surface area contributed by atoms with Gasteiger partial charge in [-0.25, -0.2) is 0 Å². The highest BCUT2D eigenvalue weighted by molar-refractivity contribution is 4.74. The third kappa shape index (κ3) is 10.0. The molecule has 86 valence electrons. The Morgan fingerprint density at radius 1 is 1.14 bits per heavy atom. The molecule has 0 aliphatic heterocycles. The van der Waals surface area contributed by atoms with Crippen molar-refractivity contribution in [1.29, 1.82) is 0 Å². The van der Waals surface area contributed by atoms with Crippen LogP contribution in [0.2, 0.25) is 0 Å². The SMILES string of the molecule is CCCCCNC(C)CNC(C)(C)C. The van der Waals surface area contributed by atoms with Gasteiger partial charge in [-0.15, -0.1) is 0 Å². The average Bonchev–Trinajstić information content (AvgIpc) is 2.08. The first-order valence-electron chi connectivity index (χ1n) is 5.94. The highest BCUT2D eigenvalue weighted by atomic mass is 15.0. The van der Waals surface area contributed by atoms with Crippen LogP contribution in [-0.4, -0.2) is 24.7 Å². The Kier molecular flexibility index (Phi) is 7.20. The molecular weight excluding hydrogens is 172 g/mol. The minimum Gasteiger partial charge on any atom is -0.313 e. The Bertz CT molecular complexity index is 127. The van der Waals surface area contributed by atoms with Crippen LogP contribution in [0, 0.1) is 0 Å². The first kappa shape index (κ1) is 13.9. The molecule has 0 aromatic heterocycles. The third-order valence-corrected chi connectivity index (χ3v) is 2.21. The maximum atomic E-state index is 3.53. The fourth-order valence-corrected chi connectivity index (χ4v) is 1.25. The molecule has 0 aromatic rings. The quantitative estimate of drug-likeness (QED) is 0.617. The second-order valence-corrected chi connectivity index (χ2v) is 5.19. The van der Waals surface area contributed by atoms with Crippen LogP contribution < -0.4 is 10.6 Å². The normalized spacial score (nSPS) is 14.4. The van der Waals surface area contributed by atoms with Crippen LogP contribution in [-0.2, 0) is 0 Å². The van der Waals surface area contributed by atoms with Crippen LogP contribution in [0.5, 0.6) is 0 Å². The predicted octanol–water partition coefficient (Wildman–Crippen LogP) is 2.54. The van der Waals surface area contributed by atoms with E-state index >= 15 is 0 Å². The Morgan fingerprint density at radius 2 is 1.79 bits per heavy atom.